The second-order valence-corrected chi connectivity index (χ2v) is 9.01. The summed E-state index contributed by atoms with van der Waals surface area (Å²) in [6.07, 6.45) is 7.04. The quantitative estimate of drug-likeness (QED) is 0.750. The van der Waals surface area contributed by atoms with Gasteiger partial charge >= 0.3 is 0 Å². The van der Waals surface area contributed by atoms with Gasteiger partial charge in [-0.25, -0.2) is 4.98 Å². The average molecular weight is 418 g/mol. The summed E-state index contributed by atoms with van der Waals surface area (Å²) in [6, 6.07) is 9.45. The first kappa shape index (κ1) is 19.8. The summed E-state index contributed by atoms with van der Waals surface area (Å²) in [5.41, 5.74) is 1.79. The maximum absolute atomic E-state index is 13.3. The van der Waals surface area contributed by atoms with E-state index in [0.29, 0.717) is 23.6 Å². The zero-order valence-corrected chi connectivity index (χ0v) is 17.7. The number of hydrogen-bond acceptors (Lipinski definition) is 5. The van der Waals surface area contributed by atoms with Crippen LogP contribution in [0.5, 0.6) is 0 Å². The van der Waals surface area contributed by atoms with E-state index in [-0.39, 0.29) is 17.4 Å². The summed E-state index contributed by atoms with van der Waals surface area (Å²) in [5.74, 6) is 1.24. The number of rotatable bonds is 2. The second kappa shape index (κ2) is 8.18. The maximum Gasteiger partial charge on any atom is 0.263 e. The van der Waals surface area contributed by atoms with Gasteiger partial charge in [-0.2, -0.15) is 5.26 Å². The summed E-state index contributed by atoms with van der Waals surface area (Å²) in [4.78, 5) is 34.9. The lowest BCUT2D eigenvalue weighted by molar-refractivity contribution is 0.0758. The van der Waals surface area contributed by atoms with E-state index in [1.54, 1.807) is 18.3 Å². The van der Waals surface area contributed by atoms with Crippen molar-refractivity contribution in [1.29, 1.82) is 5.26 Å². The van der Waals surface area contributed by atoms with Gasteiger partial charge in [0.2, 0.25) is 0 Å². The Kier molecular flexibility index (Phi) is 5.23. The van der Waals surface area contributed by atoms with Crippen molar-refractivity contribution >= 4 is 11.7 Å². The molecule has 2 saturated heterocycles. The van der Waals surface area contributed by atoms with Crippen molar-refractivity contribution in [2.24, 2.45) is 5.92 Å². The molecule has 2 aromatic heterocycles. The summed E-state index contributed by atoms with van der Waals surface area (Å²) >= 11 is 0. The fourth-order valence-corrected chi connectivity index (χ4v) is 5.40. The van der Waals surface area contributed by atoms with Gasteiger partial charge in [0, 0.05) is 50.5 Å². The number of aromatic nitrogens is 2. The van der Waals surface area contributed by atoms with Gasteiger partial charge in [0.15, 0.2) is 0 Å². The zero-order valence-electron chi connectivity index (χ0n) is 17.7. The molecule has 0 radical (unpaired) electrons. The van der Waals surface area contributed by atoms with Crippen molar-refractivity contribution in [3.05, 3.63) is 57.6 Å². The fraction of sp³-hybridized carbons (Fsp3) is 0.500. The van der Waals surface area contributed by atoms with Crippen molar-refractivity contribution in [3.63, 3.8) is 0 Å². The van der Waals surface area contributed by atoms with E-state index >= 15 is 0 Å². The highest BCUT2D eigenvalue weighted by molar-refractivity contribution is 5.94. The molecule has 0 N–H and O–H groups in total. The molecule has 7 nitrogen and oxygen atoms in total. The van der Waals surface area contributed by atoms with Gasteiger partial charge < -0.3 is 14.4 Å². The number of likely N-dealkylation sites (tertiary alicyclic amines) is 1. The molecule has 0 spiro atoms. The van der Waals surface area contributed by atoms with E-state index in [9.17, 15) is 14.9 Å². The molecular weight excluding hydrogens is 390 g/mol. The summed E-state index contributed by atoms with van der Waals surface area (Å²) < 4.78 is 1.85. The number of piperidine rings is 1. The SMILES string of the molecule is N#Cc1ccnc(N2C[C@@H]3C[C@H](C2)c2ccc(C(=O)N4CCCCCC4)c(=O)n2C3)c1. The summed E-state index contributed by atoms with van der Waals surface area (Å²) in [6.45, 7) is 3.68. The van der Waals surface area contributed by atoms with Crippen LogP contribution < -0.4 is 10.5 Å². The van der Waals surface area contributed by atoms with E-state index in [0.717, 1.165) is 69.8 Å². The molecule has 2 atom stereocenters. The highest BCUT2D eigenvalue weighted by Crippen LogP contribution is 2.36. The Morgan fingerprint density at radius 2 is 1.87 bits per heavy atom. The summed E-state index contributed by atoms with van der Waals surface area (Å²) in [5, 5.41) is 9.20. The molecule has 1 amide bonds. The number of carbonyl (C=O) groups is 1. The van der Waals surface area contributed by atoms with Crippen LogP contribution >= 0.6 is 0 Å². The van der Waals surface area contributed by atoms with Gasteiger partial charge in [-0.15, -0.1) is 0 Å². The maximum atomic E-state index is 13.3. The van der Waals surface area contributed by atoms with Crippen LogP contribution in [-0.4, -0.2) is 46.5 Å². The van der Waals surface area contributed by atoms with Crippen LogP contribution in [0.15, 0.2) is 35.3 Å². The zero-order chi connectivity index (χ0) is 21.4. The number of fused-ring (bicyclic) bond motifs is 4. The molecule has 31 heavy (non-hydrogen) atoms. The third-order valence-corrected chi connectivity index (χ3v) is 6.93. The standard InChI is InChI=1S/C24H27N5O2/c25-13-17-7-8-26-22(12-17)28-14-18-11-19(16-28)21-6-5-20(24(31)29(21)15-18)23(30)27-9-3-1-2-4-10-27/h5-8,12,18-19H,1-4,9-11,14-16H2/t18-,19+/m0/s1. The molecule has 2 bridgehead atoms. The number of nitriles is 1. The van der Waals surface area contributed by atoms with E-state index in [1.165, 1.54) is 0 Å². The van der Waals surface area contributed by atoms with Crippen molar-refractivity contribution < 1.29 is 4.79 Å². The van der Waals surface area contributed by atoms with Gasteiger partial charge in [0.25, 0.3) is 11.5 Å². The minimum Gasteiger partial charge on any atom is -0.356 e. The highest BCUT2D eigenvalue weighted by atomic mass is 16.2. The number of amides is 1. The lowest BCUT2D eigenvalue weighted by Gasteiger charge is -2.43. The predicted molar refractivity (Wildman–Crippen MR) is 117 cm³/mol. The smallest absolute Gasteiger partial charge is 0.263 e. The number of pyridine rings is 2. The molecular formula is C24H27N5O2. The second-order valence-electron chi connectivity index (χ2n) is 9.01. The van der Waals surface area contributed by atoms with Gasteiger partial charge in [-0.3, -0.25) is 9.59 Å². The number of hydrogen-bond donors (Lipinski definition) is 0. The minimum atomic E-state index is -0.139. The van der Waals surface area contributed by atoms with Crippen LogP contribution in [0.1, 0.15) is 59.6 Å². The van der Waals surface area contributed by atoms with Gasteiger partial charge in [-0.1, -0.05) is 12.8 Å². The van der Waals surface area contributed by atoms with Crippen molar-refractivity contribution in [2.75, 3.05) is 31.1 Å². The monoisotopic (exact) mass is 417 g/mol. The van der Waals surface area contributed by atoms with Crippen LogP contribution in [0.2, 0.25) is 0 Å². The Balaban J connectivity index is 1.42. The first-order valence-corrected chi connectivity index (χ1v) is 11.3. The lowest BCUT2D eigenvalue weighted by Crippen LogP contribution is -2.48. The Morgan fingerprint density at radius 3 is 2.65 bits per heavy atom. The fourth-order valence-electron chi connectivity index (χ4n) is 5.40. The highest BCUT2D eigenvalue weighted by Gasteiger charge is 2.36. The largest absolute Gasteiger partial charge is 0.356 e. The third kappa shape index (κ3) is 3.71. The molecule has 0 saturated carbocycles. The molecule has 7 heteroatoms. The molecule has 0 aliphatic carbocycles. The molecule has 5 rings (SSSR count). The average Bonchev–Trinajstić information content (AvgIpc) is 3.09. The van der Waals surface area contributed by atoms with E-state index < -0.39 is 0 Å². The van der Waals surface area contributed by atoms with Crippen LogP contribution in [0.4, 0.5) is 5.82 Å². The minimum absolute atomic E-state index is 0.114. The van der Waals surface area contributed by atoms with E-state index in [2.05, 4.69) is 16.0 Å². The van der Waals surface area contributed by atoms with Gasteiger partial charge in [0.1, 0.15) is 11.4 Å². The van der Waals surface area contributed by atoms with Gasteiger partial charge in [-0.05, 0) is 49.4 Å². The van der Waals surface area contributed by atoms with Gasteiger partial charge in [0.05, 0.1) is 11.6 Å². The molecule has 5 heterocycles. The Morgan fingerprint density at radius 1 is 1.06 bits per heavy atom. The van der Waals surface area contributed by atoms with E-state index in [4.69, 9.17) is 0 Å². The van der Waals surface area contributed by atoms with Crippen molar-refractivity contribution in [2.45, 2.75) is 44.6 Å². The van der Waals surface area contributed by atoms with Crippen LogP contribution in [0.25, 0.3) is 0 Å². The third-order valence-electron chi connectivity index (χ3n) is 6.93. The van der Waals surface area contributed by atoms with Crippen LogP contribution in [0.3, 0.4) is 0 Å². The number of anilines is 1. The summed E-state index contributed by atoms with van der Waals surface area (Å²) in [7, 11) is 0. The topological polar surface area (TPSA) is 82.2 Å². The van der Waals surface area contributed by atoms with Crippen LogP contribution in [-0.2, 0) is 6.54 Å². The normalized spacial score (nSPS) is 22.9. The molecule has 3 aliphatic rings. The first-order chi connectivity index (χ1) is 15.1. The molecule has 2 aromatic rings. The molecule has 0 aromatic carbocycles. The van der Waals surface area contributed by atoms with Crippen LogP contribution in [0, 0.1) is 17.2 Å². The van der Waals surface area contributed by atoms with Crippen molar-refractivity contribution in [3.8, 4) is 6.07 Å². The van der Waals surface area contributed by atoms with E-state index in [1.807, 2.05) is 21.6 Å². The molecule has 2 fully saturated rings. The number of nitrogens with zero attached hydrogens (tertiary/aromatic N) is 5. The first-order valence-electron chi connectivity index (χ1n) is 11.3. The Hall–Kier alpha value is -3.14. The van der Waals surface area contributed by atoms with Crippen molar-refractivity contribution in [1.82, 2.24) is 14.5 Å². The number of carbonyl (C=O) groups excluding carboxylic acids is 1. The Labute approximate surface area is 181 Å². The molecule has 160 valence electrons. The predicted octanol–water partition coefficient (Wildman–Crippen LogP) is 2.75. The Bertz CT molecular complexity index is 1090. The molecule has 0 unspecified atom stereocenters. The lowest BCUT2D eigenvalue weighted by atomic mass is 9.83. The molecule has 3 aliphatic heterocycles.